The molecule has 4 unspecified atom stereocenters. The molecule has 0 radical (unpaired) electrons. The molecule has 189 valence electrons. The van der Waals surface area contributed by atoms with Gasteiger partial charge in [-0.3, -0.25) is 0 Å². The molecule has 2 aliphatic heterocycles. The summed E-state index contributed by atoms with van der Waals surface area (Å²) in [5, 5.41) is 0.646. The third kappa shape index (κ3) is 8.50. The zero-order valence-corrected chi connectivity index (χ0v) is 23.9. The van der Waals surface area contributed by atoms with Crippen LogP contribution >= 0.6 is 0 Å². The Bertz CT molecular complexity index is 822. The predicted octanol–water partition coefficient (Wildman–Crippen LogP) is 6.18. The summed E-state index contributed by atoms with van der Waals surface area (Å²) in [6, 6.07) is 11.7. The third-order valence-corrected chi connectivity index (χ3v) is 16.3. The Kier molecular flexibility index (Phi) is 10.1. The van der Waals surface area contributed by atoms with E-state index in [9.17, 15) is 8.66 Å². The first-order valence-electron chi connectivity index (χ1n) is 12.6. The Morgan fingerprint density at radius 1 is 1.03 bits per heavy atom. The van der Waals surface area contributed by atoms with Gasteiger partial charge in [0.15, 0.2) is 0 Å². The number of benzene rings is 1. The fourth-order valence-electron chi connectivity index (χ4n) is 5.15. The number of esters is 1. The maximum atomic E-state index is 12.9. The molecular formula is C25H42CoO5Si2. The van der Waals surface area contributed by atoms with Crippen molar-refractivity contribution in [1.29, 1.82) is 0 Å². The molecule has 5 nitrogen and oxygen atoms in total. The number of carbonyl (C=O) groups is 1. The van der Waals surface area contributed by atoms with Gasteiger partial charge in [-0.25, -0.2) is 0 Å². The van der Waals surface area contributed by atoms with Gasteiger partial charge in [0, 0.05) is 0 Å². The van der Waals surface area contributed by atoms with Crippen molar-refractivity contribution in [2.24, 2.45) is 0 Å². The van der Waals surface area contributed by atoms with Gasteiger partial charge in [-0.2, -0.15) is 0 Å². The van der Waals surface area contributed by atoms with Gasteiger partial charge < -0.3 is 0 Å². The first-order chi connectivity index (χ1) is 15.7. The van der Waals surface area contributed by atoms with E-state index in [2.05, 4.69) is 26.9 Å². The summed E-state index contributed by atoms with van der Waals surface area (Å²) in [6.07, 6.45) is 7.33. The minimum absolute atomic E-state index is 0.325. The van der Waals surface area contributed by atoms with Crippen LogP contribution < -0.4 is 4.50 Å². The van der Waals surface area contributed by atoms with E-state index in [0.717, 1.165) is 42.3 Å². The van der Waals surface area contributed by atoms with E-state index in [1.165, 1.54) is 24.9 Å². The zero-order chi connectivity index (χ0) is 23.9. The monoisotopic (exact) mass is 537 g/mol. The van der Waals surface area contributed by atoms with Crippen LogP contribution in [0, 0.1) is 0 Å². The molecule has 1 aromatic carbocycles. The van der Waals surface area contributed by atoms with E-state index < -0.39 is 30.2 Å². The Balaban J connectivity index is 1.42. The molecule has 1 aromatic rings. The van der Waals surface area contributed by atoms with Crippen LogP contribution in [0.1, 0.15) is 62.7 Å². The molecule has 0 aromatic heterocycles. The van der Waals surface area contributed by atoms with Crippen molar-refractivity contribution in [3.63, 3.8) is 0 Å². The van der Waals surface area contributed by atoms with Gasteiger partial charge in [-0.15, -0.1) is 0 Å². The SMILES string of the molecule is CC1CCC[Si](C)(CCCOC(=O)c2ccc[c]([Co](=[O])[CH2]CC[Si]3(C)CCCC(C)O3)c2)O1. The normalized spacial score (nSPS) is 30.6. The standard InChI is InChI=1S/C16H23O3Si.C9H19OSi.Co.O/c1-14-8-6-12-20(2,19-14)13-7-11-18-16(17)15-9-4-3-5-10-15;1-4-7-11(3)8-5-6-9(2)10-11;;/h3-4,9-10,14H,6-8,11-13H2,1-2H3;9H,1,4-8H2,2-3H3;;. The number of hydrogen-bond donors (Lipinski definition) is 0. The molecule has 0 saturated carbocycles. The van der Waals surface area contributed by atoms with E-state index in [4.69, 9.17) is 13.6 Å². The first-order valence-corrected chi connectivity index (χ1v) is 19.9. The van der Waals surface area contributed by atoms with Gasteiger partial charge in [0.05, 0.1) is 0 Å². The second-order valence-corrected chi connectivity index (χ2v) is 20.6. The van der Waals surface area contributed by atoms with E-state index in [1.807, 2.05) is 12.1 Å². The van der Waals surface area contributed by atoms with Crippen LogP contribution in [0.2, 0.25) is 42.6 Å². The molecule has 0 spiro atoms. The molecule has 0 aliphatic carbocycles. The summed E-state index contributed by atoms with van der Waals surface area (Å²) in [5.74, 6) is -0.325. The van der Waals surface area contributed by atoms with Crippen LogP contribution in [0.25, 0.3) is 0 Å². The van der Waals surface area contributed by atoms with Crippen molar-refractivity contribution >= 4 is 27.1 Å². The van der Waals surface area contributed by atoms with E-state index in [-0.39, 0.29) is 5.97 Å². The Hall–Kier alpha value is -0.650. The minimum atomic E-state index is -1.65. The summed E-state index contributed by atoms with van der Waals surface area (Å²) in [6.45, 7) is 9.36. The summed E-state index contributed by atoms with van der Waals surface area (Å²) in [5.41, 5.74) is 0.493. The van der Waals surface area contributed by atoms with Gasteiger partial charge in [0.1, 0.15) is 0 Å². The van der Waals surface area contributed by atoms with Crippen molar-refractivity contribution in [1.82, 2.24) is 0 Å². The molecule has 3 rings (SSSR count). The average molecular weight is 538 g/mol. The molecule has 33 heavy (non-hydrogen) atoms. The number of rotatable bonds is 10. The summed E-state index contributed by atoms with van der Waals surface area (Å²) in [7, 11) is -3.29. The number of carbonyl (C=O) groups excluding carboxylic acids is 1. The summed E-state index contributed by atoms with van der Waals surface area (Å²) >= 11 is -1.49. The van der Waals surface area contributed by atoms with Crippen LogP contribution in [0.15, 0.2) is 24.3 Å². The van der Waals surface area contributed by atoms with Crippen LogP contribution in [0.4, 0.5) is 0 Å². The Labute approximate surface area is 206 Å². The second kappa shape index (κ2) is 12.4. The molecule has 0 bridgehead atoms. The average Bonchev–Trinajstić information content (AvgIpc) is 2.76. The number of hydrogen-bond acceptors (Lipinski definition) is 5. The van der Waals surface area contributed by atoms with Gasteiger partial charge >= 0.3 is 207 Å². The summed E-state index contributed by atoms with van der Waals surface area (Å²) < 4.78 is 31.7. The molecular weight excluding hydrogens is 495 g/mol. The van der Waals surface area contributed by atoms with Gasteiger partial charge in [-0.05, 0) is 0 Å². The summed E-state index contributed by atoms with van der Waals surface area (Å²) in [4.78, 5) is 12.5. The maximum absolute atomic E-state index is 12.9. The predicted molar refractivity (Wildman–Crippen MR) is 133 cm³/mol. The quantitative estimate of drug-likeness (QED) is 0.203. The molecule has 2 aliphatic rings. The van der Waals surface area contributed by atoms with Crippen molar-refractivity contribution in [2.75, 3.05) is 6.61 Å². The van der Waals surface area contributed by atoms with Crippen LogP contribution in [0.5, 0.6) is 0 Å². The van der Waals surface area contributed by atoms with Gasteiger partial charge in [-0.1, -0.05) is 0 Å². The molecule has 0 amide bonds. The van der Waals surface area contributed by atoms with E-state index in [1.54, 1.807) is 12.1 Å². The van der Waals surface area contributed by atoms with Crippen LogP contribution in [0.3, 0.4) is 0 Å². The van der Waals surface area contributed by atoms with Crippen molar-refractivity contribution in [3.05, 3.63) is 29.8 Å². The molecule has 8 heteroatoms. The van der Waals surface area contributed by atoms with Crippen molar-refractivity contribution < 1.29 is 35.8 Å². The molecule has 2 saturated heterocycles. The van der Waals surface area contributed by atoms with Gasteiger partial charge in [0.2, 0.25) is 0 Å². The molecule has 2 fully saturated rings. The fourth-order valence-corrected chi connectivity index (χ4v) is 13.8. The van der Waals surface area contributed by atoms with E-state index >= 15 is 0 Å². The molecule has 0 N–H and O–H groups in total. The zero-order valence-electron chi connectivity index (χ0n) is 20.8. The Morgan fingerprint density at radius 3 is 2.24 bits per heavy atom. The fraction of sp³-hybridized carbons (Fsp3) is 0.720. The van der Waals surface area contributed by atoms with Crippen molar-refractivity contribution in [3.8, 4) is 0 Å². The molecule has 4 atom stereocenters. The molecule has 2 heterocycles. The second-order valence-electron chi connectivity index (χ2n) is 10.3. The topological polar surface area (TPSA) is 61.8 Å². The van der Waals surface area contributed by atoms with Crippen LogP contribution in [-0.2, 0) is 31.0 Å². The van der Waals surface area contributed by atoms with Crippen LogP contribution in [-0.4, -0.2) is 41.4 Å². The first kappa shape index (κ1) is 26.9. The van der Waals surface area contributed by atoms with Gasteiger partial charge in [0.25, 0.3) is 0 Å². The number of ether oxygens (including phenoxy) is 1. The van der Waals surface area contributed by atoms with Crippen molar-refractivity contribution in [2.45, 2.75) is 107 Å². The third-order valence-electron chi connectivity index (χ3n) is 6.92. The van der Waals surface area contributed by atoms with E-state index in [0.29, 0.717) is 29.7 Å². The Morgan fingerprint density at radius 2 is 1.64 bits per heavy atom.